The van der Waals surface area contributed by atoms with Crippen LogP contribution >= 0.6 is 0 Å². The first-order valence-corrected chi connectivity index (χ1v) is 9.53. The average molecular weight is 360 g/mol. The van der Waals surface area contributed by atoms with Crippen LogP contribution in [-0.4, -0.2) is 58.9 Å². The predicted molar refractivity (Wildman–Crippen MR) is 104 cm³/mol. The van der Waals surface area contributed by atoms with Crippen molar-refractivity contribution in [3.63, 3.8) is 0 Å². The molecule has 1 aliphatic rings. The molecular weight excluding hydrogens is 328 g/mol. The number of nitrogens with zero attached hydrogens (tertiary/aromatic N) is 2. The van der Waals surface area contributed by atoms with Gasteiger partial charge in [-0.15, -0.1) is 0 Å². The summed E-state index contributed by atoms with van der Waals surface area (Å²) in [6.45, 7) is 13.5. The number of Topliss-reactive ketones (excluding diaryl/α,β-unsaturated/α-hetero) is 1. The van der Waals surface area contributed by atoms with Crippen LogP contribution in [0.3, 0.4) is 0 Å². The minimum absolute atomic E-state index is 0.124. The fourth-order valence-electron chi connectivity index (χ4n) is 4.35. The smallest absolute Gasteiger partial charge is 0.317 e. The van der Waals surface area contributed by atoms with Crippen LogP contribution in [0, 0.1) is 20.8 Å². The second-order valence-electron chi connectivity index (χ2n) is 7.51. The molecule has 1 aliphatic heterocycles. The molecule has 26 heavy (non-hydrogen) atoms. The molecule has 0 radical (unpaired) electrons. The largest absolute Gasteiger partial charge is 0.480 e. The highest BCUT2D eigenvalue weighted by Crippen LogP contribution is 2.26. The van der Waals surface area contributed by atoms with Gasteiger partial charge < -0.3 is 5.11 Å². The molecule has 1 saturated heterocycles. The Bertz CT molecular complexity index is 676. The van der Waals surface area contributed by atoms with E-state index in [9.17, 15) is 9.59 Å². The lowest BCUT2D eigenvalue weighted by molar-refractivity contribution is -0.139. The van der Waals surface area contributed by atoms with E-state index in [1.165, 1.54) is 11.1 Å². The number of benzene rings is 1. The summed E-state index contributed by atoms with van der Waals surface area (Å²) >= 11 is 0. The number of hydrogen-bond acceptors (Lipinski definition) is 4. The number of likely N-dealkylation sites (tertiary alicyclic amines) is 1. The van der Waals surface area contributed by atoms with E-state index in [0.29, 0.717) is 6.04 Å². The number of carboxylic acids is 1. The summed E-state index contributed by atoms with van der Waals surface area (Å²) in [5.41, 5.74) is 5.53. The molecule has 144 valence electrons. The summed E-state index contributed by atoms with van der Waals surface area (Å²) in [5.74, 6) is -0.621. The highest BCUT2D eigenvalue weighted by Gasteiger charge is 2.26. The molecule has 1 aromatic rings. The van der Waals surface area contributed by atoms with Crippen LogP contribution in [-0.2, 0) is 11.3 Å². The van der Waals surface area contributed by atoms with E-state index in [-0.39, 0.29) is 12.3 Å². The number of hydrogen-bond donors (Lipinski definition) is 1. The molecule has 0 unspecified atom stereocenters. The van der Waals surface area contributed by atoms with Crippen LogP contribution in [0.4, 0.5) is 0 Å². The van der Waals surface area contributed by atoms with E-state index in [0.717, 1.165) is 55.7 Å². The number of carbonyl (C=O) groups excluding carboxylic acids is 1. The van der Waals surface area contributed by atoms with Gasteiger partial charge in [0.25, 0.3) is 0 Å². The summed E-state index contributed by atoms with van der Waals surface area (Å²) in [6, 6.07) is 2.47. The summed E-state index contributed by atoms with van der Waals surface area (Å²) in [7, 11) is 0. The maximum atomic E-state index is 12.0. The normalized spacial score (nSPS) is 16.2. The zero-order chi connectivity index (χ0) is 19.4. The third kappa shape index (κ3) is 4.71. The van der Waals surface area contributed by atoms with E-state index in [2.05, 4.69) is 29.7 Å². The molecule has 1 fully saturated rings. The molecule has 5 heteroatoms. The van der Waals surface area contributed by atoms with Gasteiger partial charge in [-0.05, 0) is 82.4 Å². The maximum absolute atomic E-state index is 12.0. The van der Waals surface area contributed by atoms with Gasteiger partial charge in [0.05, 0.1) is 6.54 Å². The van der Waals surface area contributed by atoms with Crippen LogP contribution in [0.5, 0.6) is 0 Å². The Hall–Kier alpha value is -1.72. The predicted octanol–water partition coefficient (Wildman–Crippen LogP) is 3.19. The Balaban J connectivity index is 2.07. The molecule has 0 amide bonds. The Kier molecular flexibility index (Phi) is 6.95. The van der Waals surface area contributed by atoms with Crippen molar-refractivity contribution in [3.05, 3.63) is 33.9 Å². The lowest BCUT2D eigenvalue weighted by Gasteiger charge is -2.38. The Morgan fingerprint density at radius 3 is 2.31 bits per heavy atom. The molecule has 0 atom stereocenters. The molecule has 2 rings (SSSR count). The number of piperidine rings is 1. The van der Waals surface area contributed by atoms with E-state index < -0.39 is 5.97 Å². The van der Waals surface area contributed by atoms with Crippen LogP contribution in [0.1, 0.15) is 59.3 Å². The lowest BCUT2D eigenvalue weighted by atomic mass is 9.91. The summed E-state index contributed by atoms with van der Waals surface area (Å²) in [5, 5.41) is 9.07. The van der Waals surface area contributed by atoms with Crippen molar-refractivity contribution in [2.24, 2.45) is 0 Å². The van der Waals surface area contributed by atoms with Crippen LogP contribution < -0.4 is 0 Å². The molecule has 1 N–H and O–H groups in total. The SMILES string of the molecule is CCN(CC(=O)O)C1CCN(Cc2c(C)cc(C)c(C(C)=O)c2C)CC1. The third-order valence-electron chi connectivity index (χ3n) is 5.68. The van der Waals surface area contributed by atoms with Crippen molar-refractivity contribution < 1.29 is 14.7 Å². The molecule has 1 heterocycles. The molecule has 1 aromatic carbocycles. The summed E-state index contributed by atoms with van der Waals surface area (Å²) in [6.07, 6.45) is 1.98. The number of aryl methyl sites for hydroxylation is 2. The number of carbonyl (C=O) groups is 2. The van der Waals surface area contributed by atoms with Crippen molar-refractivity contribution in [1.29, 1.82) is 0 Å². The molecule has 0 aliphatic carbocycles. The second kappa shape index (κ2) is 8.78. The highest BCUT2D eigenvalue weighted by atomic mass is 16.4. The quantitative estimate of drug-likeness (QED) is 0.757. The fraction of sp³-hybridized carbons (Fsp3) is 0.619. The van der Waals surface area contributed by atoms with Gasteiger partial charge in [0, 0.05) is 18.2 Å². The topological polar surface area (TPSA) is 60.9 Å². The Labute approximate surface area is 157 Å². The van der Waals surface area contributed by atoms with Crippen LogP contribution in [0.15, 0.2) is 6.07 Å². The van der Waals surface area contributed by atoms with Gasteiger partial charge in [0.2, 0.25) is 0 Å². The fourth-order valence-corrected chi connectivity index (χ4v) is 4.35. The number of aliphatic carboxylic acids is 1. The highest BCUT2D eigenvalue weighted by molar-refractivity contribution is 5.97. The zero-order valence-electron chi connectivity index (χ0n) is 16.8. The molecule has 0 aromatic heterocycles. The molecule has 0 saturated carbocycles. The Morgan fingerprint density at radius 2 is 1.81 bits per heavy atom. The van der Waals surface area contributed by atoms with Crippen LogP contribution in [0.25, 0.3) is 0 Å². The van der Waals surface area contributed by atoms with Gasteiger partial charge in [-0.2, -0.15) is 0 Å². The van der Waals surface area contributed by atoms with Gasteiger partial charge in [-0.25, -0.2) is 0 Å². The number of likely N-dealkylation sites (N-methyl/N-ethyl adjacent to an activating group) is 1. The van der Waals surface area contributed by atoms with Crippen molar-refractivity contribution in [2.75, 3.05) is 26.2 Å². The zero-order valence-corrected chi connectivity index (χ0v) is 16.8. The van der Waals surface area contributed by atoms with Gasteiger partial charge in [-0.3, -0.25) is 19.4 Å². The van der Waals surface area contributed by atoms with Crippen molar-refractivity contribution >= 4 is 11.8 Å². The van der Waals surface area contributed by atoms with Gasteiger partial charge in [-0.1, -0.05) is 13.0 Å². The first kappa shape index (κ1) is 20.6. The van der Waals surface area contributed by atoms with Crippen molar-refractivity contribution in [3.8, 4) is 0 Å². The van der Waals surface area contributed by atoms with E-state index >= 15 is 0 Å². The van der Waals surface area contributed by atoms with Gasteiger partial charge in [0.15, 0.2) is 5.78 Å². The Morgan fingerprint density at radius 1 is 1.19 bits per heavy atom. The minimum Gasteiger partial charge on any atom is -0.480 e. The third-order valence-corrected chi connectivity index (χ3v) is 5.68. The summed E-state index contributed by atoms with van der Waals surface area (Å²) in [4.78, 5) is 27.5. The van der Waals surface area contributed by atoms with Crippen molar-refractivity contribution in [2.45, 2.75) is 60.0 Å². The number of carboxylic acid groups (broad SMARTS) is 1. The average Bonchev–Trinajstić information content (AvgIpc) is 2.56. The monoisotopic (exact) mass is 360 g/mol. The van der Waals surface area contributed by atoms with E-state index in [1.807, 2.05) is 13.8 Å². The molecule has 5 nitrogen and oxygen atoms in total. The van der Waals surface area contributed by atoms with E-state index in [1.54, 1.807) is 6.92 Å². The standard InChI is InChI=1S/C21H32N2O3/c1-6-23(13-20(25)26)18-7-9-22(10-8-18)12-19-14(2)11-15(3)21(16(19)4)17(5)24/h11,18H,6-10,12-13H2,1-5H3,(H,25,26). The number of rotatable bonds is 7. The minimum atomic E-state index is -0.753. The molecular formula is C21H32N2O3. The van der Waals surface area contributed by atoms with E-state index in [4.69, 9.17) is 5.11 Å². The molecule has 0 spiro atoms. The summed E-state index contributed by atoms with van der Waals surface area (Å²) < 4.78 is 0. The lowest BCUT2D eigenvalue weighted by Crippen LogP contribution is -2.46. The number of ketones is 1. The molecule has 0 bridgehead atoms. The van der Waals surface area contributed by atoms with Crippen LogP contribution in [0.2, 0.25) is 0 Å². The second-order valence-corrected chi connectivity index (χ2v) is 7.51. The maximum Gasteiger partial charge on any atom is 0.317 e. The first-order chi connectivity index (χ1) is 12.2. The van der Waals surface area contributed by atoms with Gasteiger partial charge in [0.1, 0.15) is 0 Å². The first-order valence-electron chi connectivity index (χ1n) is 9.53. The van der Waals surface area contributed by atoms with Gasteiger partial charge >= 0.3 is 5.97 Å². The van der Waals surface area contributed by atoms with Crippen molar-refractivity contribution in [1.82, 2.24) is 9.80 Å².